The first-order chi connectivity index (χ1) is 2.91. The molecule has 1 saturated heterocycles. The molecule has 0 aliphatic carbocycles. The van der Waals surface area contributed by atoms with Crippen LogP contribution in [0.3, 0.4) is 0 Å². The molecule has 0 aromatic rings. The van der Waals surface area contributed by atoms with Crippen LogP contribution in [-0.4, -0.2) is 23.1 Å². The maximum Gasteiger partial charge on any atom is 0.290 e. The van der Waals surface area contributed by atoms with Crippen LogP contribution >= 0.6 is 11.8 Å². The van der Waals surface area contributed by atoms with Crippen molar-refractivity contribution in [1.82, 2.24) is 0 Å². The van der Waals surface area contributed by atoms with Gasteiger partial charge in [-0.25, -0.2) is 0 Å². The quantitative estimate of drug-likeness (QED) is 0.359. The number of carboxylic acid groups (broad SMARTS) is 1. The van der Waals surface area contributed by atoms with E-state index in [0.717, 1.165) is 0 Å². The van der Waals surface area contributed by atoms with Gasteiger partial charge in [0.15, 0.2) is 0 Å². The predicted octanol–water partition coefficient (Wildman–Crippen LogP) is 0.434. The SMILES string of the molecule is C1CS1.O=CO. The molecule has 0 aromatic heterocycles. The van der Waals surface area contributed by atoms with Crippen LogP contribution in [0.25, 0.3) is 0 Å². The van der Waals surface area contributed by atoms with E-state index in [1.54, 1.807) is 0 Å². The van der Waals surface area contributed by atoms with Crippen molar-refractivity contribution in [2.75, 3.05) is 11.5 Å². The van der Waals surface area contributed by atoms with Gasteiger partial charge in [-0.1, -0.05) is 0 Å². The molecule has 0 radical (unpaired) electrons. The van der Waals surface area contributed by atoms with Gasteiger partial charge in [0.05, 0.1) is 0 Å². The van der Waals surface area contributed by atoms with E-state index in [2.05, 4.69) is 0 Å². The number of rotatable bonds is 0. The Morgan fingerprint density at radius 1 is 1.67 bits per heavy atom. The molecule has 0 atom stereocenters. The summed E-state index contributed by atoms with van der Waals surface area (Å²) in [6.07, 6.45) is 0. The van der Waals surface area contributed by atoms with Gasteiger partial charge in [0.2, 0.25) is 0 Å². The summed E-state index contributed by atoms with van der Waals surface area (Å²) in [6.45, 7) is -0.250. The van der Waals surface area contributed by atoms with Crippen molar-refractivity contribution in [3.8, 4) is 0 Å². The van der Waals surface area contributed by atoms with Crippen molar-refractivity contribution in [3.05, 3.63) is 0 Å². The second-order valence-corrected chi connectivity index (χ2v) is 1.94. The summed E-state index contributed by atoms with van der Waals surface area (Å²) in [5.41, 5.74) is 0. The third kappa shape index (κ3) is 45.2. The first-order valence-electron chi connectivity index (χ1n) is 1.57. The minimum absolute atomic E-state index is 0.250. The summed E-state index contributed by atoms with van der Waals surface area (Å²) < 4.78 is 0. The molecule has 3 heteroatoms. The number of carbonyl (C=O) groups is 1. The van der Waals surface area contributed by atoms with Crippen LogP contribution in [0.4, 0.5) is 0 Å². The Bertz CT molecular complexity index is 33.0. The highest BCUT2D eigenvalue weighted by atomic mass is 32.2. The van der Waals surface area contributed by atoms with Crippen LogP contribution in [0.15, 0.2) is 0 Å². The lowest BCUT2D eigenvalue weighted by molar-refractivity contribution is -0.122. The summed E-state index contributed by atoms with van der Waals surface area (Å²) >= 11 is 2.00. The van der Waals surface area contributed by atoms with E-state index in [-0.39, 0.29) is 6.47 Å². The van der Waals surface area contributed by atoms with Gasteiger partial charge in [-0.3, -0.25) is 4.79 Å². The first kappa shape index (κ1) is 5.82. The van der Waals surface area contributed by atoms with Crippen molar-refractivity contribution >= 4 is 18.2 Å². The van der Waals surface area contributed by atoms with E-state index >= 15 is 0 Å². The summed E-state index contributed by atoms with van der Waals surface area (Å²) in [6, 6.07) is 0. The molecular formula is C3H6O2S. The summed E-state index contributed by atoms with van der Waals surface area (Å²) in [5.74, 6) is 2.83. The third-order valence-electron chi connectivity index (χ3n) is 0.204. The molecular weight excluding hydrogens is 100 g/mol. The van der Waals surface area contributed by atoms with Crippen LogP contribution in [0.5, 0.6) is 0 Å². The van der Waals surface area contributed by atoms with Crippen molar-refractivity contribution < 1.29 is 9.90 Å². The van der Waals surface area contributed by atoms with Gasteiger partial charge < -0.3 is 5.11 Å². The monoisotopic (exact) mass is 106 g/mol. The van der Waals surface area contributed by atoms with Crippen molar-refractivity contribution in [3.63, 3.8) is 0 Å². The molecule has 1 fully saturated rings. The fourth-order valence-corrected chi connectivity index (χ4v) is 0. The van der Waals surface area contributed by atoms with Crippen LogP contribution in [0, 0.1) is 0 Å². The molecule has 1 aliphatic rings. The molecule has 0 unspecified atom stereocenters. The first-order valence-corrected chi connectivity index (χ1v) is 2.73. The second kappa shape index (κ2) is 4.82. The van der Waals surface area contributed by atoms with Crippen LogP contribution < -0.4 is 0 Å². The number of hydrogen-bond donors (Lipinski definition) is 1. The Morgan fingerprint density at radius 2 is 1.83 bits per heavy atom. The molecule has 0 spiro atoms. The predicted molar refractivity (Wildman–Crippen MR) is 26.0 cm³/mol. The van der Waals surface area contributed by atoms with E-state index in [1.807, 2.05) is 11.8 Å². The smallest absolute Gasteiger partial charge is 0.290 e. The highest BCUT2D eigenvalue weighted by Crippen LogP contribution is 2.14. The van der Waals surface area contributed by atoms with Gasteiger partial charge in [0, 0.05) is 11.5 Å². The van der Waals surface area contributed by atoms with Gasteiger partial charge in [0.1, 0.15) is 0 Å². The van der Waals surface area contributed by atoms with Gasteiger partial charge >= 0.3 is 0 Å². The molecule has 6 heavy (non-hydrogen) atoms. The zero-order valence-corrected chi connectivity index (χ0v) is 4.07. The van der Waals surface area contributed by atoms with E-state index in [4.69, 9.17) is 9.90 Å². The number of hydrogen-bond acceptors (Lipinski definition) is 2. The lowest BCUT2D eigenvalue weighted by Crippen LogP contribution is -1.49. The summed E-state index contributed by atoms with van der Waals surface area (Å²) in [5, 5.41) is 6.89. The van der Waals surface area contributed by atoms with Crippen molar-refractivity contribution in [2.24, 2.45) is 0 Å². The van der Waals surface area contributed by atoms with Crippen molar-refractivity contribution in [2.45, 2.75) is 0 Å². The molecule has 0 amide bonds. The zero-order chi connectivity index (χ0) is 4.83. The average Bonchev–Trinajstić information content (AvgIpc) is 2.11. The summed E-state index contributed by atoms with van der Waals surface area (Å²) in [7, 11) is 0. The van der Waals surface area contributed by atoms with Crippen LogP contribution in [0.1, 0.15) is 0 Å². The van der Waals surface area contributed by atoms with Crippen molar-refractivity contribution in [1.29, 1.82) is 0 Å². The lowest BCUT2D eigenvalue weighted by Gasteiger charge is -1.34. The zero-order valence-electron chi connectivity index (χ0n) is 3.26. The minimum atomic E-state index is -0.250. The Kier molecular flexibility index (Phi) is 4.68. The maximum absolute atomic E-state index is 8.36. The molecule has 0 saturated carbocycles. The second-order valence-electron chi connectivity index (χ2n) is 0.718. The Morgan fingerprint density at radius 3 is 1.83 bits per heavy atom. The third-order valence-corrected chi connectivity index (χ3v) is 0.612. The van der Waals surface area contributed by atoms with E-state index < -0.39 is 0 Å². The Labute approximate surface area is 40.5 Å². The number of thioether (sulfide) groups is 1. The largest absolute Gasteiger partial charge is 0.483 e. The molecule has 0 aromatic carbocycles. The molecule has 0 bridgehead atoms. The van der Waals surface area contributed by atoms with E-state index in [0.29, 0.717) is 0 Å². The molecule has 36 valence electrons. The van der Waals surface area contributed by atoms with E-state index in [1.165, 1.54) is 11.5 Å². The van der Waals surface area contributed by atoms with Gasteiger partial charge in [-0.05, 0) is 0 Å². The molecule has 1 aliphatic heterocycles. The highest BCUT2D eigenvalue weighted by molar-refractivity contribution is 8.06. The Hall–Kier alpha value is -0.180. The highest BCUT2D eigenvalue weighted by Gasteiger charge is 1.95. The maximum atomic E-state index is 8.36. The van der Waals surface area contributed by atoms with Crippen LogP contribution in [0.2, 0.25) is 0 Å². The minimum Gasteiger partial charge on any atom is -0.483 e. The summed E-state index contributed by atoms with van der Waals surface area (Å²) in [4.78, 5) is 8.36. The van der Waals surface area contributed by atoms with Gasteiger partial charge in [-0.2, -0.15) is 11.8 Å². The fraction of sp³-hybridized carbons (Fsp3) is 0.667. The lowest BCUT2D eigenvalue weighted by atomic mass is 11.0. The fourth-order valence-electron chi connectivity index (χ4n) is 0. The molecule has 2 nitrogen and oxygen atoms in total. The molecule has 1 N–H and O–H groups in total. The van der Waals surface area contributed by atoms with Crippen LogP contribution in [-0.2, 0) is 4.79 Å². The molecule has 1 heterocycles. The standard InChI is InChI=1S/C2H4S.CH2O2/c1-2-3-1;2-1-3/h1-2H2;1H,(H,2,3). The Balaban J connectivity index is 0.0000000833. The van der Waals surface area contributed by atoms with Gasteiger partial charge in [0.25, 0.3) is 6.47 Å². The van der Waals surface area contributed by atoms with E-state index in [9.17, 15) is 0 Å². The van der Waals surface area contributed by atoms with Gasteiger partial charge in [-0.15, -0.1) is 0 Å². The topological polar surface area (TPSA) is 37.3 Å². The average molecular weight is 106 g/mol. The molecule has 1 rings (SSSR count). The normalized spacial score (nSPS) is 14.0.